The molecule has 1 N–H and O–H groups in total. The van der Waals surface area contributed by atoms with Gasteiger partial charge < -0.3 is 28.5 Å². The Labute approximate surface area is 550 Å². The number of carbonyl (C=O) groups excluding carboxylic acids is 2. The van der Waals surface area contributed by atoms with Gasteiger partial charge in [-0.3, -0.25) is 9.59 Å². The van der Waals surface area contributed by atoms with Crippen LogP contribution in [-0.4, -0.2) is 87.4 Å². The van der Waals surface area contributed by atoms with Gasteiger partial charge in [0.25, 0.3) is 6.29 Å². The van der Waals surface area contributed by atoms with E-state index in [4.69, 9.17) is 18.9 Å². The molecule has 2 unspecified atom stereocenters. The zero-order valence-corrected chi connectivity index (χ0v) is 58.8. The number of allylic oxidation sites excluding steroid dienone is 16. The largest absolute Gasteiger partial charge is 0.477 e. The molecule has 0 rings (SSSR count). The van der Waals surface area contributed by atoms with Crippen molar-refractivity contribution in [2.45, 2.75) is 347 Å². The molecule has 0 fully saturated rings. The zero-order valence-electron chi connectivity index (χ0n) is 58.8. The molecule has 0 aromatic heterocycles. The van der Waals surface area contributed by atoms with Gasteiger partial charge in [0, 0.05) is 12.8 Å². The number of likely N-dealkylation sites (N-methyl/N-ethyl adjacent to an activating group) is 1. The molecule has 9 heteroatoms. The number of quaternary nitrogens is 1. The molecule has 0 spiro atoms. The van der Waals surface area contributed by atoms with Gasteiger partial charge >= 0.3 is 17.9 Å². The lowest BCUT2D eigenvalue weighted by molar-refractivity contribution is -0.870. The van der Waals surface area contributed by atoms with E-state index in [0.717, 1.165) is 83.5 Å². The predicted molar refractivity (Wildman–Crippen MR) is 382 cm³/mol. The lowest BCUT2D eigenvalue weighted by Gasteiger charge is -2.25. The van der Waals surface area contributed by atoms with Crippen LogP contribution >= 0.6 is 0 Å². The van der Waals surface area contributed by atoms with Crippen molar-refractivity contribution in [3.05, 3.63) is 97.2 Å². The highest BCUT2D eigenvalue weighted by atomic mass is 16.7. The highest BCUT2D eigenvalue weighted by Gasteiger charge is 2.25. The quantitative estimate of drug-likeness (QED) is 0.0211. The van der Waals surface area contributed by atoms with Crippen molar-refractivity contribution in [1.82, 2.24) is 0 Å². The normalized spacial score (nSPS) is 13.2. The van der Waals surface area contributed by atoms with Gasteiger partial charge in [-0.1, -0.05) is 323 Å². The summed E-state index contributed by atoms with van der Waals surface area (Å²) in [5, 5.41) is 9.76. The van der Waals surface area contributed by atoms with Crippen molar-refractivity contribution < 1.29 is 42.9 Å². The average Bonchev–Trinajstić information content (AvgIpc) is 3.70. The van der Waals surface area contributed by atoms with Gasteiger partial charge in [-0.2, -0.15) is 0 Å². The number of nitrogens with zero attached hydrogens (tertiary/aromatic N) is 1. The Morgan fingerprint density at radius 1 is 0.348 bits per heavy atom. The first kappa shape index (κ1) is 85.2. The van der Waals surface area contributed by atoms with Crippen molar-refractivity contribution in [2.24, 2.45) is 0 Å². The summed E-state index contributed by atoms with van der Waals surface area (Å²) in [5.74, 6) is -1.99. The number of rotatable bonds is 69. The van der Waals surface area contributed by atoms with Crippen LogP contribution in [0.15, 0.2) is 97.2 Å². The minimum Gasteiger partial charge on any atom is -0.477 e. The lowest BCUT2D eigenvalue weighted by Crippen LogP contribution is -2.40. The van der Waals surface area contributed by atoms with Gasteiger partial charge in [-0.15, -0.1) is 0 Å². The van der Waals surface area contributed by atoms with E-state index < -0.39 is 24.3 Å². The first-order valence-corrected chi connectivity index (χ1v) is 37.4. The van der Waals surface area contributed by atoms with Crippen molar-refractivity contribution in [2.75, 3.05) is 47.5 Å². The number of unbranched alkanes of at least 4 members (excludes halogenated alkanes) is 38. The fourth-order valence-electron chi connectivity index (χ4n) is 10.6. The predicted octanol–water partition coefficient (Wildman–Crippen LogP) is 23.6. The maximum atomic E-state index is 13.0. The Morgan fingerprint density at radius 3 is 0.955 bits per heavy atom. The van der Waals surface area contributed by atoms with E-state index in [0.29, 0.717) is 17.4 Å². The van der Waals surface area contributed by atoms with Gasteiger partial charge in [0.1, 0.15) is 13.2 Å². The molecule has 0 bridgehead atoms. The highest BCUT2D eigenvalue weighted by Crippen LogP contribution is 2.18. The summed E-state index contributed by atoms with van der Waals surface area (Å²) >= 11 is 0. The summed E-state index contributed by atoms with van der Waals surface area (Å²) in [6, 6.07) is 0. The van der Waals surface area contributed by atoms with Gasteiger partial charge in [0.15, 0.2) is 6.10 Å². The second kappa shape index (κ2) is 70.1. The molecule has 9 nitrogen and oxygen atoms in total. The van der Waals surface area contributed by atoms with Crippen LogP contribution in [0, 0.1) is 0 Å². The Morgan fingerprint density at radius 2 is 0.640 bits per heavy atom. The molecule has 0 saturated heterocycles. The van der Waals surface area contributed by atoms with E-state index >= 15 is 0 Å². The molecular weight excluding hydrogens is 1100 g/mol. The molecule has 89 heavy (non-hydrogen) atoms. The van der Waals surface area contributed by atoms with Crippen LogP contribution in [0.5, 0.6) is 0 Å². The summed E-state index contributed by atoms with van der Waals surface area (Å²) in [6.45, 7) is 4.79. The van der Waals surface area contributed by atoms with Crippen molar-refractivity contribution >= 4 is 17.9 Å². The summed E-state index contributed by atoms with van der Waals surface area (Å²) < 4.78 is 23.0. The monoisotopic (exact) mass is 1250 g/mol. The minimum atomic E-state index is -1.51. The highest BCUT2D eigenvalue weighted by molar-refractivity contribution is 5.71. The Bertz CT molecular complexity index is 1790. The molecule has 0 aliphatic carbocycles. The summed E-state index contributed by atoms with van der Waals surface area (Å²) in [6.07, 6.45) is 93.9. The smallest absolute Gasteiger partial charge is 0.361 e. The second-order valence-electron chi connectivity index (χ2n) is 26.2. The van der Waals surface area contributed by atoms with Crippen LogP contribution < -0.4 is 0 Å². The summed E-state index contributed by atoms with van der Waals surface area (Å²) in [7, 11) is 5.98. The maximum Gasteiger partial charge on any atom is 0.361 e. The fourth-order valence-corrected chi connectivity index (χ4v) is 10.6. The number of hydrogen-bond donors (Lipinski definition) is 1. The van der Waals surface area contributed by atoms with E-state index in [9.17, 15) is 19.5 Å². The van der Waals surface area contributed by atoms with E-state index in [2.05, 4.69) is 111 Å². The third-order valence-electron chi connectivity index (χ3n) is 16.3. The molecule has 0 heterocycles. The lowest BCUT2D eigenvalue weighted by atomic mass is 10.0. The molecule has 514 valence electrons. The van der Waals surface area contributed by atoms with Crippen molar-refractivity contribution in [3.63, 3.8) is 0 Å². The van der Waals surface area contributed by atoms with Crippen LogP contribution in [0.4, 0.5) is 0 Å². The Kier molecular flexibility index (Phi) is 67.1. The van der Waals surface area contributed by atoms with Crippen molar-refractivity contribution in [3.8, 4) is 0 Å². The second-order valence-corrected chi connectivity index (χ2v) is 26.2. The molecule has 2 atom stereocenters. The summed E-state index contributed by atoms with van der Waals surface area (Å²) in [5.41, 5.74) is 0. The van der Waals surface area contributed by atoms with Gasteiger partial charge in [0.05, 0.1) is 34.4 Å². The topological polar surface area (TPSA) is 108 Å². The number of carboxylic acids is 1. The molecule has 0 aliphatic heterocycles. The number of aliphatic carboxylic acids is 1. The first-order chi connectivity index (χ1) is 43.6. The number of carboxylic acid groups (broad SMARTS) is 1. The number of carbonyl (C=O) groups is 3. The molecule has 0 aromatic carbocycles. The molecule has 0 saturated carbocycles. The molecule has 0 radical (unpaired) electrons. The van der Waals surface area contributed by atoms with E-state index in [-0.39, 0.29) is 32.2 Å². The molecule has 0 aliphatic rings. The first-order valence-electron chi connectivity index (χ1n) is 37.4. The van der Waals surface area contributed by atoms with Gasteiger partial charge in [-0.05, 0) is 96.3 Å². The van der Waals surface area contributed by atoms with Crippen LogP contribution in [0.2, 0.25) is 0 Å². The van der Waals surface area contributed by atoms with Crippen LogP contribution in [0.25, 0.3) is 0 Å². The Hall–Kier alpha value is -3.79. The number of hydrogen-bond acceptors (Lipinski definition) is 7. The van der Waals surface area contributed by atoms with Crippen LogP contribution in [-0.2, 0) is 33.3 Å². The summed E-state index contributed by atoms with van der Waals surface area (Å²) in [4.78, 5) is 37.7. The maximum absolute atomic E-state index is 13.0. The third kappa shape index (κ3) is 71.5. The van der Waals surface area contributed by atoms with Crippen LogP contribution in [0.3, 0.4) is 0 Å². The average molecular weight is 1250 g/mol. The van der Waals surface area contributed by atoms with Crippen LogP contribution in [0.1, 0.15) is 335 Å². The van der Waals surface area contributed by atoms with E-state index in [1.165, 1.54) is 225 Å². The molecular formula is C80H142NO8+. The van der Waals surface area contributed by atoms with E-state index in [1.54, 1.807) is 0 Å². The SMILES string of the molecule is CC/C=C\C/C=C\C/C=C\C/C=C\C/C=C\CCCCCCCCCCCCCCCCCCCCCCCC(=O)OC(COC(=O)CCCCCCCCCCCCCC/C=C\C/C=C\C/C=C\CCCCCCC)COC(OCC[N+](C)(C)C)C(=O)O. The number of esters is 2. The van der Waals surface area contributed by atoms with Gasteiger partial charge in [0.2, 0.25) is 0 Å². The number of ether oxygens (including phenoxy) is 4. The molecule has 0 aromatic rings. The fraction of sp³-hybridized carbons (Fsp3) is 0.762. The minimum absolute atomic E-state index is 0.183. The third-order valence-corrected chi connectivity index (χ3v) is 16.3. The molecule has 0 amide bonds. The standard InChI is InChI=1S/C80H141NO8/c1-6-8-10-12-14-16-18-20-22-24-26-28-30-32-34-35-36-37-38-39-40-41-42-43-45-47-49-51-53-55-57-59-61-63-65-67-69-71-78(83)89-76(75-88-80(79(84)85)86-73-72-81(3,4)5)74-87-77(82)70-68-66-64-62-60-58-56-54-52-50-48-46-44-33-31-29-27-25-23-21-19-17-15-13-11-9-7-2/h8,10,14,16,19-22,25-28,31-34,76,80H,6-7,9,11-13,15,17-18,23-24,29-30,35-75H2,1-5H3/p+1/b10-8-,16-14-,21-19-,22-20-,27-25-,28-26-,33-31-,34-32-. The van der Waals surface area contributed by atoms with E-state index in [1.807, 2.05) is 21.1 Å². The Balaban J connectivity index is 4.04. The zero-order chi connectivity index (χ0) is 64.7. The van der Waals surface area contributed by atoms with Gasteiger partial charge in [-0.25, -0.2) is 4.79 Å². The van der Waals surface area contributed by atoms with Crippen molar-refractivity contribution in [1.29, 1.82) is 0 Å².